The Bertz CT molecular complexity index is 58.1. The van der Waals surface area contributed by atoms with Crippen LogP contribution in [0.15, 0.2) is 0 Å². The van der Waals surface area contributed by atoms with Gasteiger partial charge in [0.2, 0.25) is 0 Å². The molecule has 2 unspecified atom stereocenters. The Morgan fingerprint density at radius 3 is 1.86 bits per heavy atom. The minimum atomic E-state index is 1.03. The molecule has 2 radical (unpaired) electrons. The van der Waals surface area contributed by atoms with E-state index in [1.807, 2.05) is 0 Å². The second-order valence-corrected chi connectivity index (χ2v) is 2.70. The van der Waals surface area contributed by atoms with Crippen LogP contribution in [-0.2, 0) is 0 Å². The van der Waals surface area contributed by atoms with Crippen molar-refractivity contribution in [3.05, 3.63) is 12.8 Å². The fourth-order valence-corrected chi connectivity index (χ4v) is 0.966. The minimum absolute atomic E-state index is 1.03. The van der Waals surface area contributed by atoms with Crippen molar-refractivity contribution in [1.82, 2.24) is 0 Å². The van der Waals surface area contributed by atoms with Gasteiger partial charge < -0.3 is 0 Å². The topological polar surface area (TPSA) is 0 Å². The van der Waals surface area contributed by atoms with Gasteiger partial charge in [0.15, 0.2) is 0 Å². The summed E-state index contributed by atoms with van der Waals surface area (Å²) < 4.78 is 0. The molecule has 0 aromatic heterocycles. The van der Waals surface area contributed by atoms with Gasteiger partial charge in [-0.3, -0.25) is 0 Å². The standard InChI is InChI=1S/C7H10/c1-2-6(1)5-7-3-4-7/h1,3,6-7H,2,4-5H2. The van der Waals surface area contributed by atoms with Gasteiger partial charge in [-0.15, -0.1) is 0 Å². The van der Waals surface area contributed by atoms with E-state index >= 15 is 0 Å². The van der Waals surface area contributed by atoms with Crippen molar-refractivity contribution < 1.29 is 0 Å². The van der Waals surface area contributed by atoms with E-state index in [-0.39, 0.29) is 0 Å². The second kappa shape index (κ2) is 1.24. The summed E-state index contributed by atoms with van der Waals surface area (Å²) >= 11 is 0. The molecule has 2 aliphatic rings. The van der Waals surface area contributed by atoms with Crippen molar-refractivity contribution in [2.45, 2.75) is 19.3 Å². The van der Waals surface area contributed by atoms with Crippen LogP contribution >= 0.6 is 0 Å². The van der Waals surface area contributed by atoms with Crippen molar-refractivity contribution in [2.75, 3.05) is 0 Å². The summed E-state index contributed by atoms with van der Waals surface area (Å²) in [7, 11) is 0. The first-order valence-electron chi connectivity index (χ1n) is 3.12. The molecular weight excluding hydrogens is 84.1 g/mol. The third-order valence-corrected chi connectivity index (χ3v) is 1.74. The second-order valence-electron chi connectivity index (χ2n) is 2.70. The van der Waals surface area contributed by atoms with E-state index in [2.05, 4.69) is 12.8 Å². The first-order chi connectivity index (χ1) is 3.45. The number of rotatable bonds is 2. The van der Waals surface area contributed by atoms with Crippen LogP contribution in [0.3, 0.4) is 0 Å². The van der Waals surface area contributed by atoms with Crippen LogP contribution in [0.1, 0.15) is 19.3 Å². The molecule has 7 heavy (non-hydrogen) atoms. The summed E-state index contributed by atoms with van der Waals surface area (Å²) in [4.78, 5) is 0. The van der Waals surface area contributed by atoms with Crippen molar-refractivity contribution >= 4 is 0 Å². The molecule has 0 N–H and O–H groups in total. The molecule has 0 nitrogen and oxygen atoms in total. The normalized spacial score (nSPS) is 30.9. The van der Waals surface area contributed by atoms with Gasteiger partial charge >= 0.3 is 0 Å². The summed E-state index contributed by atoms with van der Waals surface area (Å²) in [6.07, 6.45) is 9.10. The molecule has 2 aliphatic carbocycles. The first-order valence-corrected chi connectivity index (χ1v) is 3.12. The Labute approximate surface area is 44.9 Å². The Hall–Kier alpha value is 0. The molecule has 0 aromatic carbocycles. The highest BCUT2D eigenvalue weighted by atomic mass is 14.4. The third-order valence-electron chi connectivity index (χ3n) is 1.74. The van der Waals surface area contributed by atoms with Gasteiger partial charge in [-0.1, -0.05) is 0 Å². The zero-order valence-electron chi connectivity index (χ0n) is 4.43. The van der Waals surface area contributed by atoms with E-state index in [0.29, 0.717) is 0 Å². The van der Waals surface area contributed by atoms with Gasteiger partial charge in [0.25, 0.3) is 0 Å². The highest BCUT2D eigenvalue weighted by Crippen LogP contribution is 2.42. The fraction of sp³-hybridized carbons (Fsp3) is 0.714. The summed E-state index contributed by atoms with van der Waals surface area (Å²) in [5.74, 6) is 2.06. The van der Waals surface area contributed by atoms with Crippen LogP contribution in [0, 0.1) is 24.7 Å². The lowest BCUT2D eigenvalue weighted by atomic mass is 10.2. The predicted octanol–water partition coefficient (Wildman–Crippen LogP) is 1.82. The highest BCUT2D eigenvalue weighted by Gasteiger charge is 2.31. The quantitative estimate of drug-likeness (QED) is 0.489. The number of hydrogen-bond acceptors (Lipinski definition) is 0. The predicted molar refractivity (Wildman–Crippen MR) is 29.4 cm³/mol. The monoisotopic (exact) mass is 94.1 g/mol. The first kappa shape index (κ1) is 3.94. The van der Waals surface area contributed by atoms with E-state index in [4.69, 9.17) is 0 Å². The minimum Gasteiger partial charge on any atom is -0.0470 e. The lowest BCUT2D eigenvalue weighted by Gasteiger charge is -1.85. The zero-order chi connectivity index (χ0) is 4.69. The third kappa shape index (κ3) is 0.960. The van der Waals surface area contributed by atoms with Gasteiger partial charge in [-0.05, 0) is 43.9 Å². The lowest BCUT2D eigenvalue weighted by Crippen LogP contribution is -1.75. The molecule has 0 saturated heterocycles. The van der Waals surface area contributed by atoms with Gasteiger partial charge in [0, 0.05) is 0 Å². The summed E-state index contributed by atoms with van der Waals surface area (Å²) in [6, 6.07) is 0. The van der Waals surface area contributed by atoms with E-state index < -0.39 is 0 Å². The molecule has 2 saturated carbocycles. The van der Waals surface area contributed by atoms with Gasteiger partial charge in [0.1, 0.15) is 0 Å². The average molecular weight is 94.2 g/mol. The van der Waals surface area contributed by atoms with Gasteiger partial charge in [-0.25, -0.2) is 0 Å². The van der Waals surface area contributed by atoms with Crippen molar-refractivity contribution in [1.29, 1.82) is 0 Å². The van der Waals surface area contributed by atoms with E-state index in [1.54, 1.807) is 0 Å². The lowest BCUT2D eigenvalue weighted by molar-refractivity contribution is 0.684. The number of hydrogen-bond donors (Lipinski definition) is 0. The summed E-state index contributed by atoms with van der Waals surface area (Å²) in [5, 5.41) is 0. The Morgan fingerprint density at radius 2 is 1.57 bits per heavy atom. The van der Waals surface area contributed by atoms with E-state index in [9.17, 15) is 0 Å². The molecule has 0 aromatic rings. The van der Waals surface area contributed by atoms with Crippen LogP contribution in [0.4, 0.5) is 0 Å². The molecule has 0 aliphatic heterocycles. The Morgan fingerprint density at radius 1 is 1.14 bits per heavy atom. The smallest absolute Gasteiger partial charge is 0.0352 e. The molecule has 38 valence electrons. The molecule has 0 bridgehead atoms. The van der Waals surface area contributed by atoms with Crippen molar-refractivity contribution in [2.24, 2.45) is 11.8 Å². The largest absolute Gasteiger partial charge is 0.0470 e. The zero-order valence-corrected chi connectivity index (χ0v) is 4.43. The highest BCUT2D eigenvalue weighted by molar-refractivity contribution is 5.03. The van der Waals surface area contributed by atoms with Gasteiger partial charge in [0.05, 0.1) is 0 Å². The molecule has 0 amide bonds. The average Bonchev–Trinajstić information content (AvgIpc) is 2.33. The molecule has 2 rings (SSSR count). The Balaban J connectivity index is 1.69. The van der Waals surface area contributed by atoms with Crippen LogP contribution in [0.25, 0.3) is 0 Å². The van der Waals surface area contributed by atoms with E-state index in [0.717, 1.165) is 11.8 Å². The fourth-order valence-electron chi connectivity index (χ4n) is 0.966. The maximum Gasteiger partial charge on any atom is -0.0352 e. The molecular formula is C7H10. The maximum atomic E-state index is 2.41. The van der Waals surface area contributed by atoms with Crippen molar-refractivity contribution in [3.8, 4) is 0 Å². The molecule has 2 atom stereocenters. The molecule has 2 fully saturated rings. The molecule has 0 heterocycles. The maximum absolute atomic E-state index is 2.41. The summed E-state index contributed by atoms with van der Waals surface area (Å²) in [6.45, 7) is 0. The van der Waals surface area contributed by atoms with Crippen LogP contribution in [0.5, 0.6) is 0 Å². The van der Waals surface area contributed by atoms with Crippen LogP contribution in [-0.4, -0.2) is 0 Å². The molecule has 0 heteroatoms. The Kier molecular flexibility index (Phi) is 0.697. The molecule has 0 spiro atoms. The van der Waals surface area contributed by atoms with Crippen LogP contribution < -0.4 is 0 Å². The SMILES string of the molecule is [CH]1CC1CC1[CH]C1. The van der Waals surface area contributed by atoms with Crippen molar-refractivity contribution in [3.63, 3.8) is 0 Å². The van der Waals surface area contributed by atoms with Crippen LogP contribution in [0.2, 0.25) is 0 Å². The van der Waals surface area contributed by atoms with Gasteiger partial charge in [-0.2, -0.15) is 0 Å². The summed E-state index contributed by atoms with van der Waals surface area (Å²) in [5.41, 5.74) is 0. The van der Waals surface area contributed by atoms with E-state index in [1.165, 1.54) is 19.3 Å².